The van der Waals surface area contributed by atoms with Gasteiger partial charge >= 0.3 is 6.18 Å². The molecule has 2 aliphatic heterocycles. The first-order chi connectivity index (χ1) is 14.3. The Balaban J connectivity index is 1.34. The smallest absolute Gasteiger partial charge is 0.355 e. The molecule has 168 valence electrons. The summed E-state index contributed by atoms with van der Waals surface area (Å²) in [5.41, 5.74) is 0.122. The first-order valence-electron chi connectivity index (χ1n) is 11.2. The lowest BCUT2D eigenvalue weighted by molar-refractivity contribution is -0.137. The van der Waals surface area contributed by atoms with Crippen molar-refractivity contribution < 1.29 is 18.0 Å². The summed E-state index contributed by atoms with van der Waals surface area (Å²) in [6.45, 7) is 7.38. The molecule has 30 heavy (non-hydrogen) atoms. The average molecular weight is 426 g/mol. The molecule has 1 N–H and O–H groups in total. The van der Waals surface area contributed by atoms with Gasteiger partial charge in [-0.1, -0.05) is 25.1 Å². The van der Waals surface area contributed by atoms with Crippen molar-refractivity contribution in [2.24, 2.45) is 5.92 Å². The second-order valence-electron chi connectivity index (χ2n) is 8.69. The summed E-state index contributed by atoms with van der Waals surface area (Å²) >= 11 is 0. The van der Waals surface area contributed by atoms with Gasteiger partial charge in [0.25, 0.3) is 0 Å². The maximum absolute atomic E-state index is 12.9. The lowest BCUT2D eigenvalue weighted by Gasteiger charge is -2.32. The molecule has 0 saturated carbocycles. The minimum atomic E-state index is -4.30. The number of hydrogen-bond acceptors (Lipinski definition) is 3. The van der Waals surface area contributed by atoms with Gasteiger partial charge in [-0.15, -0.1) is 0 Å². The molecule has 2 heterocycles. The number of hydrogen-bond donors (Lipinski definition) is 1. The van der Waals surface area contributed by atoms with Crippen molar-refractivity contribution in [3.63, 3.8) is 0 Å². The Kier molecular flexibility index (Phi) is 8.17. The molecule has 0 bridgehead atoms. The van der Waals surface area contributed by atoms with Gasteiger partial charge < -0.3 is 5.32 Å². The fraction of sp³-hybridized carbons (Fsp3) is 0.696. The molecule has 1 amide bonds. The fourth-order valence-electron chi connectivity index (χ4n) is 4.74. The van der Waals surface area contributed by atoms with Crippen LogP contribution in [-0.4, -0.2) is 54.5 Å². The number of carbonyl (C=O) groups excluding carboxylic acids is 1. The van der Waals surface area contributed by atoms with Crippen molar-refractivity contribution in [1.82, 2.24) is 15.1 Å². The molecule has 1 aromatic rings. The third kappa shape index (κ3) is 6.71. The second-order valence-corrected chi connectivity index (χ2v) is 8.69. The molecule has 4 nitrogen and oxygen atoms in total. The first kappa shape index (κ1) is 23.1. The number of nitrogens with one attached hydrogen (secondary N) is 1. The molecule has 0 radical (unpaired) electrons. The van der Waals surface area contributed by atoms with Crippen molar-refractivity contribution in [3.8, 4) is 0 Å². The largest absolute Gasteiger partial charge is 0.416 e. The van der Waals surface area contributed by atoms with Crippen LogP contribution in [0.5, 0.6) is 0 Å². The van der Waals surface area contributed by atoms with Crippen LogP contribution in [0.1, 0.15) is 56.6 Å². The van der Waals surface area contributed by atoms with E-state index >= 15 is 0 Å². The molecule has 2 fully saturated rings. The van der Waals surface area contributed by atoms with Crippen molar-refractivity contribution in [1.29, 1.82) is 0 Å². The van der Waals surface area contributed by atoms with E-state index in [9.17, 15) is 18.0 Å². The molecular weight excluding hydrogens is 391 g/mol. The normalized spacial score (nSPS) is 21.8. The van der Waals surface area contributed by atoms with E-state index < -0.39 is 11.7 Å². The molecule has 0 spiro atoms. The van der Waals surface area contributed by atoms with Crippen LogP contribution in [-0.2, 0) is 17.5 Å². The Labute approximate surface area is 177 Å². The van der Waals surface area contributed by atoms with Gasteiger partial charge in [0.2, 0.25) is 5.91 Å². The topological polar surface area (TPSA) is 35.6 Å². The number of carbonyl (C=O) groups is 1. The molecular formula is C23H34F3N3O. The van der Waals surface area contributed by atoms with Crippen molar-refractivity contribution in [2.45, 2.75) is 64.2 Å². The van der Waals surface area contributed by atoms with E-state index in [-0.39, 0.29) is 5.91 Å². The number of rotatable bonds is 8. The van der Waals surface area contributed by atoms with Gasteiger partial charge in [-0.3, -0.25) is 14.6 Å². The number of piperidine rings is 1. The zero-order valence-electron chi connectivity index (χ0n) is 17.9. The summed E-state index contributed by atoms with van der Waals surface area (Å²) in [6.07, 6.45) is 1.54. The molecule has 3 rings (SSSR count). The number of likely N-dealkylation sites (tertiary alicyclic amines) is 2. The zero-order valence-corrected chi connectivity index (χ0v) is 17.9. The second kappa shape index (κ2) is 10.6. The summed E-state index contributed by atoms with van der Waals surface area (Å²) in [7, 11) is 0. The van der Waals surface area contributed by atoms with Crippen LogP contribution in [0, 0.1) is 5.92 Å². The zero-order chi connectivity index (χ0) is 21.6. The highest BCUT2D eigenvalue weighted by Gasteiger charge is 2.30. The number of nitrogens with zero attached hydrogens (tertiary/aromatic N) is 2. The predicted molar refractivity (Wildman–Crippen MR) is 112 cm³/mol. The summed E-state index contributed by atoms with van der Waals surface area (Å²) in [5, 5.41) is 3.10. The number of halogens is 3. The highest BCUT2D eigenvalue weighted by molar-refractivity contribution is 5.75. The van der Waals surface area contributed by atoms with E-state index in [0.717, 1.165) is 58.1 Å². The molecule has 1 unspecified atom stereocenters. The number of benzene rings is 1. The highest BCUT2D eigenvalue weighted by Crippen LogP contribution is 2.30. The highest BCUT2D eigenvalue weighted by atomic mass is 19.4. The number of likely N-dealkylation sites (N-methyl/N-ethyl adjacent to an activating group) is 1. The van der Waals surface area contributed by atoms with Crippen LogP contribution in [0.15, 0.2) is 24.3 Å². The third-order valence-corrected chi connectivity index (χ3v) is 6.59. The Bertz CT molecular complexity index is 687. The van der Waals surface area contributed by atoms with Gasteiger partial charge in [0, 0.05) is 25.6 Å². The lowest BCUT2D eigenvalue weighted by atomic mass is 9.91. The Morgan fingerprint density at radius 1 is 1.17 bits per heavy atom. The Morgan fingerprint density at radius 2 is 1.93 bits per heavy atom. The monoisotopic (exact) mass is 425 g/mol. The van der Waals surface area contributed by atoms with Crippen molar-refractivity contribution in [2.75, 3.05) is 32.7 Å². The SMILES string of the molecule is CCN1CCCC1CNC(=O)CCC1CCN(Cc2cccc(C(F)(F)F)c2)CC1. The molecule has 7 heteroatoms. The summed E-state index contributed by atoms with van der Waals surface area (Å²) in [4.78, 5) is 16.9. The predicted octanol–water partition coefficient (Wildman–Crippen LogP) is 4.30. The summed E-state index contributed by atoms with van der Waals surface area (Å²) in [5.74, 6) is 0.663. The third-order valence-electron chi connectivity index (χ3n) is 6.59. The fourth-order valence-corrected chi connectivity index (χ4v) is 4.74. The molecule has 0 aliphatic carbocycles. The minimum absolute atomic E-state index is 0.143. The van der Waals surface area contributed by atoms with Gasteiger partial charge in [0.05, 0.1) is 5.56 Å². The quantitative estimate of drug-likeness (QED) is 0.675. The van der Waals surface area contributed by atoms with E-state index in [1.807, 2.05) is 0 Å². The van der Waals surface area contributed by atoms with E-state index in [1.165, 1.54) is 25.0 Å². The van der Waals surface area contributed by atoms with Crippen LogP contribution >= 0.6 is 0 Å². The minimum Gasteiger partial charge on any atom is -0.355 e. The van der Waals surface area contributed by atoms with Gasteiger partial charge in [-0.05, 0) is 75.8 Å². The molecule has 0 aromatic heterocycles. The van der Waals surface area contributed by atoms with Crippen LogP contribution in [0.3, 0.4) is 0 Å². The van der Waals surface area contributed by atoms with Crippen LogP contribution in [0.4, 0.5) is 13.2 Å². The van der Waals surface area contributed by atoms with Crippen LogP contribution < -0.4 is 5.32 Å². The molecule has 1 aromatic carbocycles. The van der Waals surface area contributed by atoms with Crippen molar-refractivity contribution in [3.05, 3.63) is 35.4 Å². The number of amides is 1. The first-order valence-corrected chi connectivity index (χ1v) is 11.2. The maximum Gasteiger partial charge on any atom is 0.416 e. The maximum atomic E-state index is 12.9. The van der Waals surface area contributed by atoms with E-state index in [2.05, 4.69) is 22.0 Å². The van der Waals surface area contributed by atoms with Gasteiger partial charge in [-0.2, -0.15) is 13.2 Å². The Morgan fingerprint density at radius 3 is 2.63 bits per heavy atom. The Hall–Kier alpha value is -1.60. The van der Waals surface area contributed by atoms with Crippen LogP contribution in [0.25, 0.3) is 0 Å². The number of alkyl halides is 3. The van der Waals surface area contributed by atoms with Gasteiger partial charge in [0.1, 0.15) is 0 Å². The van der Waals surface area contributed by atoms with Crippen molar-refractivity contribution >= 4 is 5.91 Å². The van der Waals surface area contributed by atoms with E-state index in [1.54, 1.807) is 6.07 Å². The molecule has 2 saturated heterocycles. The lowest BCUT2D eigenvalue weighted by Crippen LogP contribution is -2.40. The summed E-state index contributed by atoms with van der Waals surface area (Å²) < 4.78 is 38.6. The summed E-state index contributed by atoms with van der Waals surface area (Å²) in [6, 6.07) is 6.09. The van der Waals surface area contributed by atoms with Gasteiger partial charge in [0.15, 0.2) is 0 Å². The van der Waals surface area contributed by atoms with Crippen LogP contribution in [0.2, 0.25) is 0 Å². The van der Waals surface area contributed by atoms with Gasteiger partial charge in [-0.25, -0.2) is 0 Å². The van der Waals surface area contributed by atoms with E-state index in [4.69, 9.17) is 0 Å². The molecule has 1 atom stereocenters. The molecule has 2 aliphatic rings. The average Bonchev–Trinajstić information content (AvgIpc) is 3.19. The standard InChI is InChI=1S/C23H34F3N3O/c1-2-29-12-4-7-21(29)16-27-22(30)9-8-18-10-13-28(14-11-18)17-19-5-3-6-20(15-19)23(24,25)26/h3,5-6,15,18,21H,2,4,7-14,16-17H2,1H3,(H,27,30). The van der Waals surface area contributed by atoms with E-state index in [0.29, 0.717) is 30.5 Å².